The van der Waals surface area contributed by atoms with Crippen LogP contribution in [0.15, 0.2) is 24.3 Å². The van der Waals surface area contributed by atoms with Crippen molar-refractivity contribution in [2.24, 2.45) is 11.8 Å². The Bertz CT molecular complexity index is 417. The quantitative estimate of drug-likeness (QED) is 0.457. The van der Waals surface area contributed by atoms with Crippen LogP contribution >= 0.6 is 0 Å². The van der Waals surface area contributed by atoms with Gasteiger partial charge < -0.3 is 20.1 Å². The van der Waals surface area contributed by atoms with Gasteiger partial charge in [-0.1, -0.05) is 12.2 Å². The number of aliphatic hydroxyl groups excluding tert-OH is 3. The molecule has 0 aromatic rings. The van der Waals surface area contributed by atoms with Gasteiger partial charge in [-0.25, -0.2) is 4.79 Å². The van der Waals surface area contributed by atoms with Crippen molar-refractivity contribution in [1.29, 1.82) is 0 Å². The third kappa shape index (κ3) is 4.66. The molecule has 1 heterocycles. The van der Waals surface area contributed by atoms with Crippen LogP contribution in [0.2, 0.25) is 0 Å². The van der Waals surface area contributed by atoms with Gasteiger partial charge in [0, 0.05) is 12.5 Å². The topological polar surface area (TPSA) is 87.0 Å². The highest BCUT2D eigenvalue weighted by molar-refractivity contribution is 5.82. The first-order chi connectivity index (χ1) is 9.95. The third-order valence-electron chi connectivity index (χ3n) is 4.22. The minimum Gasteiger partial charge on any atom is -0.459 e. The smallest absolute Gasteiger partial charge is 0.330 e. The van der Waals surface area contributed by atoms with E-state index in [1.54, 1.807) is 6.92 Å². The molecule has 0 spiro atoms. The van der Waals surface area contributed by atoms with E-state index in [0.717, 1.165) is 0 Å². The van der Waals surface area contributed by atoms with Crippen LogP contribution in [0.4, 0.5) is 0 Å². The van der Waals surface area contributed by atoms with Crippen LogP contribution in [-0.2, 0) is 9.53 Å². The highest BCUT2D eigenvalue weighted by atomic mass is 16.5. The summed E-state index contributed by atoms with van der Waals surface area (Å²) in [5, 5.41) is 29.9. The number of esters is 1. The number of allylic oxidation sites excluding steroid dienone is 1. The van der Waals surface area contributed by atoms with Crippen molar-refractivity contribution in [2.75, 3.05) is 0 Å². The summed E-state index contributed by atoms with van der Waals surface area (Å²) in [4.78, 5) is 11.6. The van der Waals surface area contributed by atoms with E-state index in [9.17, 15) is 20.1 Å². The highest BCUT2D eigenvalue weighted by Crippen LogP contribution is 2.36. The standard InChI is InChI=1S/C16H24O5/c1-10-7-12(17)4-2-3-11-8-13(18)9-14(11)15(19)5-6-16(20)21-10/h2-3,5-6,10-15,17-19H,4,7-9H2,1H3/b3-2+,6-5+/t10-,11+,12-,13-,14-,15+/m0/s1. The number of ether oxygens (including phenoxy) is 1. The molecule has 0 aromatic carbocycles. The molecule has 5 nitrogen and oxygen atoms in total. The number of carbonyl (C=O) groups excluding carboxylic acids is 1. The molecular weight excluding hydrogens is 272 g/mol. The molecule has 21 heavy (non-hydrogen) atoms. The molecule has 5 heteroatoms. The average Bonchev–Trinajstić information content (AvgIpc) is 2.76. The second-order valence-corrected chi connectivity index (χ2v) is 6.10. The lowest BCUT2D eigenvalue weighted by atomic mass is 9.89. The molecule has 0 amide bonds. The first kappa shape index (κ1) is 16.2. The number of rotatable bonds is 0. The largest absolute Gasteiger partial charge is 0.459 e. The Balaban J connectivity index is 2.15. The highest BCUT2D eigenvalue weighted by Gasteiger charge is 2.35. The van der Waals surface area contributed by atoms with E-state index in [4.69, 9.17) is 4.74 Å². The van der Waals surface area contributed by atoms with E-state index in [-0.39, 0.29) is 17.9 Å². The first-order valence-corrected chi connectivity index (χ1v) is 7.55. The molecule has 2 rings (SSSR count). The maximum Gasteiger partial charge on any atom is 0.330 e. The molecule has 0 unspecified atom stereocenters. The monoisotopic (exact) mass is 296 g/mol. The van der Waals surface area contributed by atoms with E-state index in [2.05, 4.69) is 0 Å². The van der Waals surface area contributed by atoms with E-state index in [1.807, 2.05) is 12.2 Å². The number of carbonyl (C=O) groups is 1. The predicted octanol–water partition coefficient (Wildman–Crippen LogP) is 0.933. The van der Waals surface area contributed by atoms with Gasteiger partial charge in [-0.05, 0) is 44.1 Å². The van der Waals surface area contributed by atoms with E-state index >= 15 is 0 Å². The van der Waals surface area contributed by atoms with Gasteiger partial charge in [0.05, 0.1) is 18.3 Å². The Hall–Kier alpha value is -1.17. The number of cyclic esters (lactones) is 1. The van der Waals surface area contributed by atoms with Gasteiger partial charge in [0.15, 0.2) is 0 Å². The molecule has 1 aliphatic carbocycles. The van der Waals surface area contributed by atoms with Crippen molar-refractivity contribution in [2.45, 2.75) is 57.0 Å². The van der Waals surface area contributed by atoms with Crippen LogP contribution in [0.25, 0.3) is 0 Å². The van der Waals surface area contributed by atoms with Gasteiger partial charge in [0.25, 0.3) is 0 Å². The number of fused-ring (bicyclic) bond motifs is 1. The lowest BCUT2D eigenvalue weighted by Crippen LogP contribution is -2.22. The summed E-state index contributed by atoms with van der Waals surface area (Å²) in [5.41, 5.74) is 0. The zero-order valence-electron chi connectivity index (χ0n) is 12.3. The lowest BCUT2D eigenvalue weighted by Gasteiger charge is -2.19. The van der Waals surface area contributed by atoms with Gasteiger partial charge in [0.1, 0.15) is 6.10 Å². The minimum absolute atomic E-state index is 0.0565. The second-order valence-electron chi connectivity index (χ2n) is 6.10. The molecule has 1 fully saturated rings. The lowest BCUT2D eigenvalue weighted by molar-refractivity contribution is -0.143. The SMILES string of the molecule is C[C@H]1C[C@@H](O)C/C=C/[C@@H]2C[C@H](O)C[C@@H]2[C@H](O)/C=C/C(=O)O1. The average molecular weight is 296 g/mol. The van der Waals surface area contributed by atoms with Crippen LogP contribution < -0.4 is 0 Å². The minimum atomic E-state index is -0.787. The molecule has 2 aliphatic rings. The molecule has 0 bridgehead atoms. The number of aliphatic hydroxyl groups is 3. The zero-order chi connectivity index (χ0) is 15.4. The molecule has 0 saturated heterocycles. The van der Waals surface area contributed by atoms with Gasteiger partial charge in [-0.2, -0.15) is 0 Å². The molecule has 0 radical (unpaired) electrons. The summed E-state index contributed by atoms with van der Waals surface area (Å²) >= 11 is 0. The maximum atomic E-state index is 11.6. The third-order valence-corrected chi connectivity index (χ3v) is 4.22. The Morgan fingerprint density at radius 2 is 1.86 bits per heavy atom. The summed E-state index contributed by atoms with van der Waals surface area (Å²) in [6, 6.07) is 0. The van der Waals surface area contributed by atoms with Crippen molar-refractivity contribution in [3.05, 3.63) is 24.3 Å². The summed E-state index contributed by atoms with van der Waals surface area (Å²) in [5.74, 6) is -0.576. The summed E-state index contributed by atoms with van der Waals surface area (Å²) in [6.45, 7) is 1.74. The summed E-state index contributed by atoms with van der Waals surface area (Å²) in [7, 11) is 0. The molecule has 1 aliphatic heterocycles. The van der Waals surface area contributed by atoms with Crippen LogP contribution in [0.5, 0.6) is 0 Å². The van der Waals surface area contributed by atoms with Crippen molar-refractivity contribution in [1.82, 2.24) is 0 Å². The fourth-order valence-corrected chi connectivity index (χ4v) is 3.18. The Labute approximate surface area is 124 Å². The van der Waals surface area contributed by atoms with E-state index < -0.39 is 24.3 Å². The zero-order valence-corrected chi connectivity index (χ0v) is 12.3. The fourth-order valence-electron chi connectivity index (χ4n) is 3.18. The van der Waals surface area contributed by atoms with Crippen molar-refractivity contribution < 1.29 is 24.9 Å². The van der Waals surface area contributed by atoms with Gasteiger partial charge >= 0.3 is 5.97 Å². The number of hydrogen-bond acceptors (Lipinski definition) is 5. The summed E-state index contributed by atoms with van der Waals surface area (Å²) < 4.78 is 5.14. The molecule has 6 atom stereocenters. The normalized spacial score (nSPS) is 44.7. The van der Waals surface area contributed by atoms with E-state index in [1.165, 1.54) is 12.2 Å². The Kier molecular flexibility index (Phi) is 5.56. The van der Waals surface area contributed by atoms with Crippen molar-refractivity contribution in [3.8, 4) is 0 Å². The fraction of sp³-hybridized carbons (Fsp3) is 0.688. The van der Waals surface area contributed by atoms with Crippen molar-refractivity contribution >= 4 is 5.97 Å². The van der Waals surface area contributed by atoms with Crippen LogP contribution in [0.1, 0.15) is 32.6 Å². The first-order valence-electron chi connectivity index (χ1n) is 7.55. The van der Waals surface area contributed by atoms with Crippen LogP contribution in [0.3, 0.4) is 0 Å². The summed E-state index contributed by atoms with van der Waals surface area (Å²) in [6.07, 6.45) is 6.33. The molecule has 1 saturated carbocycles. The van der Waals surface area contributed by atoms with E-state index in [0.29, 0.717) is 25.7 Å². The number of hydrogen-bond donors (Lipinski definition) is 3. The molecule has 0 aromatic heterocycles. The predicted molar refractivity (Wildman–Crippen MR) is 77.3 cm³/mol. The van der Waals surface area contributed by atoms with Crippen LogP contribution in [0, 0.1) is 11.8 Å². The second kappa shape index (κ2) is 7.20. The van der Waals surface area contributed by atoms with Crippen molar-refractivity contribution in [3.63, 3.8) is 0 Å². The Morgan fingerprint density at radius 1 is 1.10 bits per heavy atom. The molecule has 3 N–H and O–H groups in total. The molecular formula is C16H24O5. The Morgan fingerprint density at radius 3 is 2.62 bits per heavy atom. The van der Waals surface area contributed by atoms with Crippen LogP contribution in [-0.4, -0.2) is 45.7 Å². The van der Waals surface area contributed by atoms with Gasteiger partial charge in [-0.3, -0.25) is 0 Å². The van der Waals surface area contributed by atoms with Gasteiger partial charge in [0.2, 0.25) is 0 Å². The molecule has 118 valence electrons. The van der Waals surface area contributed by atoms with Gasteiger partial charge in [-0.15, -0.1) is 0 Å². The maximum absolute atomic E-state index is 11.6.